The summed E-state index contributed by atoms with van der Waals surface area (Å²) in [6, 6.07) is 6.21. The molecule has 2 unspecified atom stereocenters. The number of anilines is 1. The Bertz CT molecular complexity index is 626. The van der Waals surface area contributed by atoms with Gasteiger partial charge in [0.25, 0.3) is 0 Å². The van der Waals surface area contributed by atoms with Gasteiger partial charge in [-0.3, -0.25) is 4.79 Å². The van der Waals surface area contributed by atoms with Crippen molar-refractivity contribution in [2.75, 3.05) is 17.3 Å². The van der Waals surface area contributed by atoms with Gasteiger partial charge < -0.3 is 9.64 Å². The van der Waals surface area contributed by atoms with Crippen molar-refractivity contribution in [2.24, 2.45) is 11.8 Å². The first-order valence-corrected chi connectivity index (χ1v) is 10.4. The minimum atomic E-state index is -0.00789. The Morgan fingerprint density at radius 3 is 2.76 bits per heavy atom. The van der Waals surface area contributed by atoms with Gasteiger partial charge >= 0.3 is 0 Å². The maximum Gasteiger partial charge on any atom is 0.241 e. The molecule has 0 N–H and O–H groups in total. The number of alkyl halides is 1. The molecule has 1 aromatic rings. The van der Waals surface area contributed by atoms with Crippen LogP contribution in [0.3, 0.4) is 0 Å². The van der Waals surface area contributed by atoms with Gasteiger partial charge in [-0.2, -0.15) is 0 Å². The number of carbonyl (C=O) groups is 1. The van der Waals surface area contributed by atoms with E-state index in [4.69, 9.17) is 16.3 Å². The van der Waals surface area contributed by atoms with Crippen molar-refractivity contribution in [3.8, 4) is 5.75 Å². The summed E-state index contributed by atoms with van der Waals surface area (Å²) < 4.78 is 6.32. The standard InChI is InChI=1S/C21H28ClNO2/c22-14-21(24)23-11-3-6-17-13-19(9-10-20(17)23)25-18-8-7-16(12-18)15-4-1-2-5-15/h9-10,13,15-16,18H,1-8,11-12,14H2. The lowest BCUT2D eigenvalue weighted by Crippen LogP contribution is -2.36. The Morgan fingerprint density at radius 1 is 1.12 bits per heavy atom. The number of amides is 1. The van der Waals surface area contributed by atoms with Crippen LogP contribution < -0.4 is 9.64 Å². The second-order valence-electron chi connectivity index (χ2n) is 7.93. The fraction of sp³-hybridized carbons (Fsp3) is 0.667. The normalized spacial score (nSPS) is 26.7. The van der Waals surface area contributed by atoms with Crippen molar-refractivity contribution in [1.82, 2.24) is 0 Å². The lowest BCUT2D eigenvalue weighted by molar-refractivity contribution is -0.116. The number of hydrogen-bond donors (Lipinski definition) is 0. The van der Waals surface area contributed by atoms with Crippen molar-refractivity contribution in [2.45, 2.75) is 63.9 Å². The minimum Gasteiger partial charge on any atom is -0.490 e. The first-order valence-electron chi connectivity index (χ1n) is 9.90. The van der Waals surface area contributed by atoms with Crippen LogP contribution >= 0.6 is 11.6 Å². The predicted octanol–water partition coefficient (Wildman–Crippen LogP) is 4.94. The fourth-order valence-electron chi connectivity index (χ4n) is 5.11. The van der Waals surface area contributed by atoms with Gasteiger partial charge in [-0.25, -0.2) is 0 Å². The van der Waals surface area contributed by atoms with E-state index in [1.54, 1.807) is 0 Å². The van der Waals surface area contributed by atoms with Crippen molar-refractivity contribution in [3.05, 3.63) is 23.8 Å². The van der Waals surface area contributed by atoms with Gasteiger partial charge in [-0.05, 0) is 67.7 Å². The van der Waals surface area contributed by atoms with E-state index in [0.29, 0.717) is 6.10 Å². The third-order valence-electron chi connectivity index (χ3n) is 6.38. The Morgan fingerprint density at radius 2 is 1.96 bits per heavy atom. The Labute approximate surface area is 155 Å². The molecule has 2 fully saturated rings. The van der Waals surface area contributed by atoms with Gasteiger partial charge in [0.2, 0.25) is 5.91 Å². The second kappa shape index (κ2) is 7.57. The first kappa shape index (κ1) is 17.2. The van der Waals surface area contributed by atoms with Gasteiger partial charge in [0.1, 0.15) is 11.6 Å². The molecule has 4 heteroatoms. The number of aryl methyl sites for hydroxylation is 1. The molecule has 0 spiro atoms. The third kappa shape index (κ3) is 3.67. The molecule has 3 aliphatic rings. The number of benzene rings is 1. The van der Waals surface area contributed by atoms with E-state index >= 15 is 0 Å². The topological polar surface area (TPSA) is 29.5 Å². The highest BCUT2D eigenvalue weighted by molar-refractivity contribution is 6.29. The number of hydrogen-bond acceptors (Lipinski definition) is 2. The smallest absolute Gasteiger partial charge is 0.241 e. The predicted molar refractivity (Wildman–Crippen MR) is 102 cm³/mol. The number of ether oxygens (including phenoxy) is 1. The van der Waals surface area contributed by atoms with Gasteiger partial charge in [-0.15, -0.1) is 11.6 Å². The highest BCUT2D eigenvalue weighted by atomic mass is 35.5. The van der Waals surface area contributed by atoms with Crippen LogP contribution in [0.15, 0.2) is 18.2 Å². The van der Waals surface area contributed by atoms with Crippen LogP contribution in [0.25, 0.3) is 0 Å². The second-order valence-corrected chi connectivity index (χ2v) is 8.20. The summed E-state index contributed by atoms with van der Waals surface area (Å²) in [5.41, 5.74) is 2.23. The monoisotopic (exact) mass is 361 g/mol. The van der Waals surface area contributed by atoms with Crippen LogP contribution in [0.4, 0.5) is 5.69 Å². The van der Waals surface area contributed by atoms with Crippen molar-refractivity contribution >= 4 is 23.2 Å². The molecule has 1 heterocycles. The molecule has 1 amide bonds. The van der Waals surface area contributed by atoms with Crippen molar-refractivity contribution in [1.29, 1.82) is 0 Å². The van der Waals surface area contributed by atoms with E-state index in [1.807, 2.05) is 17.0 Å². The van der Waals surface area contributed by atoms with Crippen LogP contribution in [0, 0.1) is 11.8 Å². The van der Waals surface area contributed by atoms with Crippen LogP contribution in [0.5, 0.6) is 5.75 Å². The molecule has 1 aliphatic heterocycles. The molecule has 1 aromatic carbocycles. The van der Waals surface area contributed by atoms with Crippen LogP contribution in [0.1, 0.15) is 56.9 Å². The average Bonchev–Trinajstić information content (AvgIpc) is 3.32. The molecule has 3 nitrogen and oxygen atoms in total. The quantitative estimate of drug-likeness (QED) is 0.710. The Hall–Kier alpha value is -1.22. The van der Waals surface area contributed by atoms with Crippen LogP contribution in [-0.4, -0.2) is 24.4 Å². The number of nitrogens with zero attached hydrogens (tertiary/aromatic N) is 1. The zero-order chi connectivity index (χ0) is 17.2. The van der Waals surface area contributed by atoms with Crippen LogP contribution in [-0.2, 0) is 11.2 Å². The molecule has 4 rings (SSSR count). The molecule has 2 aliphatic carbocycles. The van der Waals surface area contributed by atoms with E-state index < -0.39 is 0 Å². The Balaban J connectivity index is 1.41. The summed E-state index contributed by atoms with van der Waals surface area (Å²) in [4.78, 5) is 13.8. The lowest BCUT2D eigenvalue weighted by atomic mass is 9.89. The minimum absolute atomic E-state index is 0.00789. The van der Waals surface area contributed by atoms with E-state index in [1.165, 1.54) is 50.5 Å². The highest BCUT2D eigenvalue weighted by Gasteiger charge is 2.33. The van der Waals surface area contributed by atoms with Gasteiger partial charge in [0.05, 0.1) is 6.10 Å². The molecule has 0 bridgehead atoms. The summed E-state index contributed by atoms with van der Waals surface area (Å²) in [7, 11) is 0. The van der Waals surface area contributed by atoms with Crippen LogP contribution in [0.2, 0.25) is 0 Å². The lowest BCUT2D eigenvalue weighted by Gasteiger charge is -2.29. The van der Waals surface area contributed by atoms with Gasteiger partial charge in [0, 0.05) is 12.2 Å². The van der Waals surface area contributed by atoms with Crippen molar-refractivity contribution in [3.63, 3.8) is 0 Å². The molecule has 0 saturated heterocycles. The zero-order valence-corrected chi connectivity index (χ0v) is 15.6. The van der Waals surface area contributed by atoms with E-state index in [0.717, 1.165) is 42.7 Å². The highest BCUT2D eigenvalue weighted by Crippen LogP contribution is 2.42. The average molecular weight is 362 g/mol. The van der Waals surface area contributed by atoms with Gasteiger partial charge in [-0.1, -0.05) is 25.7 Å². The molecule has 2 saturated carbocycles. The molecule has 136 valence electrons. The van der Waals surface area contributed by atoms with Crippen molar-refractivity contribution < 1.29 is 9.53 Å². The van der Waals surface area contributed by atoms with Gasteiger partial charge in [0.15, 0.2) is 0 Å². The first-order chi connectivity index (χ1) is 12.2. The van der Waals surface area contributed by atoms with E-state index in [2.05, 4.69) is 6.07 Å². The summed E-state index contributed by atoms with van der Waals surface area (Å²) in [5.74, 6) is 2.83. The van der Waals surface area contributed by atoms with E-state index in [9.17, 15) is 4.79 Å². The number of rotatable bonds is 4. The summed E-state index contributed by atoms with van der Waals surface area (Å²) >= 11 is 5.75. The number of carbonyl (C=O) groups excluding carboxylic acids is 1. The molecule has 2 atom stereocenters. The molecular weight excluding hydrogens is 334 g/mol. The third-order valence-corrected chi connectivity index (χ3v) is 6.61. The SMILES string of the molecule is O=C(CCl)N1CCCc2cc(OC3CCC(C4CCCC4)C3)ccc21. The number of fused-ring (bicyclic) bond motifs is 1. The molecule has 0 radical (unpaired) electrons. The molecule has 0 aromatic heterocycles. The number of halogens is 1. The maximum atomic E-state index is 12.0. The molecular formula is C21H28ClNO2. The summed E-state index contributed by atoms with van der Waals surface area (Å²) in [5, 5.41) is 0. The summed E-state index contributed by atoms with van der Waals surface area (Å²) in [6.07, 6.45) is 11.8. The largest absolute Gasteiger partial charge is 0.490 e. The molecule has 25 heavy (non-hydrogen) atoms. The maximum absolute atomic E-state index is 12.0. The zero-order valence-electron chi connectivity index (χ0n) is 14.9. The fourth-order valence-corrected chi connectivity index (χ4v) is 5.25. The Kier molecular flexibility index (Phi) is 5.21. The van der Waals surface area contributed by atoms with E-state index in [-0.39, 0.29) is 11.8 Å². The summed E-state index contributed by atoms with van der Waals surface area (Å²) in [6.45, 7) is 0.768.